The molecule has 1 aromatic rings. The van der Waals surface area contributed by atoms with Crippen molar-refractivity contribution in [3.05, 3.63) is 29.8 Å². The van der Waals surface area contributed by atoms with E-state index in [0.29, 0.717) is 10.8 Å². The Morgan fingerprint density at radius 1 is 1.18 bits per heavy atom. The Morgan fingerprint density at radius 2 is 1.76 bits per heavy atom. The summed E-state index contributed by atoms with van der Waals surface area (Å²) in [7, 11) is -3.42. The molecule has 0 atom stereocenters. The van der Waals surface area contributed by atoms with Crippen LogP contribution in [-0.2, 0) is 10.0 Å². The lowest BCUT2D eigenvalue weighted by molar-refractivity contribution is 0.491. The van der Waals surface area contributed by atoms with E-state index in [-0.39, 0.29) is 0 Å². The zero-order chi connectivity index (χ0) is 13.3. The van der Waals surface area contributed by atoms with Gasteiger partial charge < -0.3 is 0 Å². The minimum absolute atomic E-state index is 0.319. The minimum atomic E-state index is -3.42. The maximum atomic E-state index is 12.1. The van der Waals surface area contributed by atoms with Crippen molar-refractivity contribution in [1.82, 2.24) is 4.72 Å². The number of rotatable bonds is 3. The van der Waals surface area contributed by atoms with E-state index < -0.39 is 15.6 Å². The molecule has 0 bridgehead atoms. The fourth-order valence-electron chi connectivity index (χ4n) is 1.50. The van der Waals surface area contributed by atoms with Gasteiger partial charge in [-0.2, -0.15) is 0 Å². The Hall–Kier alpha value is -0.870. The van der Waals surface area contributed by atoms with Gasteiger partial charge in [0.05, 0.1) is 4.90 Å². The van der Waals surface area contributed by atoms with E-state index in [1.54, 1.807) is 18.2 Å². The molecular formula is C13H21NO2S. The van der Waals surface area contributed by atoms with E-state index in [1.807, 2.05) is 40.7 Å². The third kappa shape index (κ3) is 4.13. The lowest BCUT2D eigenvalue weighted by Crippen LogP contribution is -2.40. The second-order valence-electron chi connectivity index (χ2n) is 5.58. The summed E-state index contributed by atoms with van der Waals surface area (Å²) in [6.45, 7) is 9.58. The van der Waals surface area contributed by atoms with Gasteiger partial charge in [0.2, 0.25) is 10.0 Å². The molecule has 0 aromatic heterocycles. The molecule has 0 spiro atoms. The molecule has 0 unspecified atom stereocenters. The molecule has 0 aliphatic heterocycles. The van der Waals surface area contributed by atoms with Crippen LogP contribution in [0.2, 0.25) is 0 Å². The summed E-state index contributed by atoms with van der Waals surface area (Å²) in [5.41, 5.74) is 0.564. The van der Waals surface area contributed by atoms with Crippen LogP contribution < -0.4 is 4.72 Å². The summed E-state index contributed by atoms with van der Waals surface area (Å²) in [6, 6.07) is 7.09. The van der Waals surface area contributed by atoms with Crippen molar-refractivity contribution in [2.45, 2.75) is 51.0 Å². The highest BCUT2D eigenvalue weighted by atomic mass is 32.2. The molecule has 0 saturated carbocycles. The summed E-state index contributed by atoms with van der Waals surface area (Å²) < 4.78 is 26.9. The first-order valence-corrected chi connectivity index (χ1v) is 7.24. The average Bonchev–Trinajstić information content (AvgIpc) is 2.14. The van der Waals surface area contributed by atoms with Crippen molar-refractivity contribution in [1.29, 1.82) is 0 Å². The van der Waals surface area contributed by atoms with Gasteiger partial charge in [0, 0.05) is 5.54 Å². The van der Waals surface area contributed by atoms with Crippen molar-refractivity contribution < 1.29 is 8.42 Å². The van der Waals surface area contributed by atoms with Crippen molar-refractivity contribution in [2.75, 3.05) is 0 Å². The first-order chi connectivity index (χ1) is 7.62. The predicted molar refractivity (Wildman–Crippen MR) is 70.6 cm³/mol. The zero-order valence-electron chi connectivity index (χ0n) is 11.1. The fraction of sp³-hybridized carbons (Fsp3) is 0.538. The third-order valence-electron chi connectivity index (χ3n) is 2.28. The number of hydrogen-bond acceptors (Lipinski definition) is 2. The molecule has 1 rings (SSSR count). The van der Waals surface area contributed by atoms with Gasteiger partial charge in [-0.3, -0.25) is 0 Å². The second-order valence-corrected chi connectivity index (χ2v) is 7.27. The summed E-state index contributed by atoms with van der Waals surface area (Å²) in [5, 5.41) is 0. The zero-order valence-corrected chi connectivity index (χ0v) is 11.9. The Labute approximate surface area is 104 Å². The van der Waals surface area contributed by atoms with Gasteiger partial charge in [0.25, 0.3) is 0 Å². The molecule has 0 amide bonds. The monoisotopic (exact) mass is 255 g/mol. The molecule has 0 heterocycles. The SMILES string of the molecule is CC(C)c1cccc(S(=O)(=O)NC(C)(C)C)c1. The van der Waals surface area contributed by atoms with Gasteiger partial charge in [0.15, 0.2) is 0 Å². The molecule has 0 radical (unpaired) electrons. The van der Waals surface area contributed by atoms with Gasteiger partial charge in [0.1, 0.15) is 0 Å². The van der Waals surface area contributed by atoms with E-state index in [1.165, 1.54) is 0 Å². The molecule has 1 aromatic carbocycles. The van der Waals surface area contributed by atoms with E-state index in [0.717, 1.165) is 5.56 Å². The van der Waals surface area contributed by atoms with Crippen LogP contribution in [0.15, 0.2) is 29.2 Å². The van der Waals surface area contributed by atoms with Crippen LogP contribution in [0.3, 0.4) is 0 Å². The predicted octanol–water partition coefficient (Wildman–Crippen LogP) is 2.89. The highest BCUT2D eigenvalue weighted by Crippen LogP contribution is 2.19. The minimum Gasteiger partial charge on any atom is -0.207 e. The van der Waals surface area contributed by atoms with Gasteiger partial charge in [-0.1, -0.05) is 26.0 Å². The Bertz CT molecular complexity index is 484. The number of hydrogen-bond donors (Lipinski definition) is 1. The third-order valence-corrected chi connectivity index (χ3v) is 4.03. The van der Waals surface area contributed by atoms with Gasteiger partial charge in [-0.05, 0) is 44.4 Å². The van der Waals surface area contributed by atoms with Crippen LogP contribution in [0, 0.1) is 0 Å². The standard InChI is InChI=1S/C13H21NO2S/c1-10(2)11-7-6-8-12(9-11)17(15,16)14-13(3,4)5/h6-10,14H,1-5H3. The summed E-state index contributed by atoms with van der Waals surface area (Å²) in [6.07, 6.45) is 0. The van der Waals surface area contributed by atoms with Crippen LogP contribution >= 0.6 is 0 Å². The summed E-state index contributed by atoms with van der Waals surface area (Å²) in [5.74, 6) is 0.319. The van der Waals surface area contributed by atoms with Crippen LogP contribution in [0.4, 0.5) is 0 Å². The average molecular weight is 255 g/mol. The molecule has 0 saturated heterocycles. The maximum absolute atomic E-state index is 12.1. The van der Waals surface area contributed by atoms with E-state index in [9.17, 15) is 8.42 Å². The van der Waals surface area contributed by atoms with Crippen molar-refractivity contribution in [3.63, 3.8) is 0 Å². The molecule has 96 valence electrons. The quantitative estimate of drug-likeness (QED) is 0.902. The van der Waals surface area contributed by atoms with E-state index in [4.69, 9.17) is 0 Å². The molecule has 3 nitrogen and oxygen atoms in total. The number of nitrogens with one attached hydrogen (secondary N) is 1. The van der Waals surface area contributed by atoms with Crippen LogP contribution in [0.5, 0.6) is 0 Å². The van der Waals surface area contributed by atoms with Crippen molar-refractivity contribution in [2.24, 2.45) is 0 Å². The second kappa shape index (κ2) is 4.78. The lowest BCUT2D eigenvalue weighted by Gasteiger charge is -2.20. The van der Waals surface area contributed by atoms with Gasteiger partial charge in [-0.15, -0.1) is 0 Å². The van der Waals surface area contributed by atoms with Crippen molar-refractivity contribution in [3.8, 4) is 0 Å². The van der Waals surface area contributed by atoms with Crippen LogP contribution in [-0.4, -0.2) is 14.0 Å². The van der Waals surface area contributed by atoms with E-state index in [2.05, 4.69) is 4.72 Å². The summed E-state index contributed by atoms with van der Waals surface area (Å²) in [4.78, 5) is 0.332. The highest BCUT2D eigenvalue weighted by Gasteiger charge is 2.22. The summed E-state index contributed by atoms with van der Waals surface area (Å²) >= 11 is 0. The van der Waals surface area contributed by atoms with Crippen molar-refractivity contribution >= 4 is 10.0 Å². The largest absolute Gasteiger partial charge is 0.241 e. The number of sulfonamides is 1. The molecule has 0 aliphatic rings. The molecule has 4 heteroatoms. The molecule has 17 heavy (non-hydrogen) atoms. The highest BCUT2D eigenvalue weighted by molar-refractivity contribution is 7.89. The maximum Gasteiger partial charge on any atom is 0.241 e. The van der Waals surface area contributed by atoms with E-state index >= 15 is 0 Å². The topological polar surface area (TPSA) is 46.2 Å². The number of benzene rings is 1. The molecule has 0 fully saturated rings. The Balaban J connectivity index is 3.12. The Morgan fingerprint density at radius 3 is 2.24 bits per heavy atom. The molecule has 1 N–H and O–H groups in total. The first kappa shape index (κ1) is 14.2. The lowest BCUT2D eigenvalue weighted by atomic mass is 10.0. The van der Waals surface area contributed by atoms with Gasteiger partial charge >= 0.3 is 0 Å². The van der Waals surface area contributed by atoms with Gasteiger partial charge in [-0.25, -0.2) is 13.1 Å². The fourth-order valence-corrected chi connectivity index (χ4v) is 2.98. The van der Waals surface area contributed by atoms with Crippen LogP contribution in [0.1, 0.15) is 46.1 Å². The normalized spacial score (nSPS) is 13.1. The smallest absolute Gasteiger partial charge is 0.207 e. The van der Waals surface area contributed by atoms with Crippen LogP contribution in [0.25, 0.3) is 0 Å². The first-order valence-electron chi connectivity index (χ1n) is 5.76. The molecule has 0 aliphatic carbocycles. The molecular weight excluding hydrogens is 234 g/mol. The Kier molecular flexibility index (Phi) is 3.99.